The first-order chi connectivity index (χ1) is 11.4. The second-order valence-corrected chi connectivity index (χ2v) is 7.20. The molecule has 0 atom stereocenters. The molecule has 2 amide bonds. The van der Waals surface area contributed by atoms with Crippen LogP contribution in [0.1, 0.15) is 25.0 Å². The summed E-state index contributed by atoms with van der Waals surface area (Å²) in [5.74, 6) is -0.255. The third-order valence-electron chi connectivity index (χ3n) is 3.29. The number of amides is 2. The molecule has 1 aromatic carbocycles. The maximum absolute atomic E-state index is 12.4. The number of nitrogens with one attached hydrogen (secondary N) is 2. The number of rotatable bonds is 5. The number of carbonyl (C=O) groups is 2. The molecule has 1 aromatic rings. The Morgan fingerprint density at radius 3 is 2.58 bits per heavy atom. The van der Waals surface area contributed by atoms with Crippen LogP contribution in [0.4, 0.5) is 4.79 Å². The van der Waals surface area contributed by atoms with E-state index in [0.29, 0.717) is 16.6 Å². The largest absolute Gasteiger partial charge is 0.361 e. The van der Waals surface area contributed by atoms with Crippen molar-refractivity contribution in [3.05, 3.63) is 40.3 Å². The number of imide groups is 1. The fourth-order valence-electron chi connectivity index (χ4n) is 2.10. The molecule has 0 spiro atoms. The van der Waals surface area contributed by atoms with Gasteiger partial charge in [-0.05, 0) is 56.4 Å². The maximum atomic E-state index is 12.4. The van der Waals surface area contributed by atoms with Crippen molar-refractivity contribution < 1.29 is 9.59 Å². The van der Waals surface area contributed by atoms with E-state index in [1.165, 1.54) is 4.90 Å². The smallest absolute Gasteiger partial charge is 0.293 e. The molecular weight excluding hydrogens is 342 g/mol. The Bertz CT molecular complexity index is 669. The number of thiocarbonyl (C=S) groups is 1. The van der Waals surface area contributed by atoms with Crippen LogP contribution in [0.5, 0.6) is 0 Å². The molecule has 1 fully saturated rings. The van der Waals surface area contributed by atoms with Gasteiger partial charge < -0.3 is 10.6 Å². The second kappa shape index (κ2) is 8.30. The van der Waals surface area contributed by atoms with Gasteiger partial charge in [-0.2, -0.15) is 0 Å². The van der Waals surface area contributed by atoms with Crippen molar-refractivity contribution in [2.75, 3.05) is 13.1 Å². The Kier molecular flexibility index (Phi) is 6.39. The van der Waals surface area contributed by atoms with Gasteiger partial charge in [-0.3, -0.25) is 14.5 Å². The number of carbonyl (C=O) groups excluding carboxylic acids is 2. The average Bonchev–Trinajstić information content (AvgIpc) is 2.76. The number of benzene rings is 1. The Morgan fingerprint density at radius 1 is 1.29 bits per heavy atom. The molecule has 0 bridgehead atoms. The summed E-state index contributed by atoms with van der Waals surface area (Å²) in [5.41, 5.74) is 2.06. The molecule has 1 aliphatic heterocycles. The highest BCUT2D eigenvalue weighted by Gasteiger charge is 2.34. The van der Waals surface area contributed by atoms with Gasteiger partial charge in [0.05, 0.1) is 4.91 Å². The number of hydrogen-bond acceptors (Lipinski definition) is 4. The van der Waals surface area contributed by atoms with E-state index in [4.69, 9.17) is 12.2 Å². The van der Waals surface area contributed by atoms with E-state index in [2.05, 4.69) is 10.6 Å². The fraction of sp³-hybridized carbons (Fsp3) is 0.353. The van der Waals surface area contributed by atoms with Crippen LogP contribution in [-0.2, 0) is 4.79 Å². The molecule has 128 valence electrons. The minimum absolute atomic E-state index is 0.236. The summed E-state index contributed by atoms with van der Waals surface area (Å²) in [6.07, 6.45) is 1.75. The normalized spacial score (nSPS) is 16.2. The Morgan fingerprint density at radius 2 is 1.96 bits per heavy atom. The van der Waals surface area contributed by atoms with Crippen molar-refractivity contribution in [3.8, 4) is 0 Å². The highest BCUT2D eigenvalue weighted by atomic mass is 32.2. The topological polar surface area (TPSA) is 61.4 Å². The minimum atomic E-state index is -0.255. The van der Waals surface area contributed by atoms with Gasteiger partial charge in [0, 0.05) is 19.1 Å². The zero-order chi connectivity index (χ0) is 17.7. The molecule has 1 heterocycles. The molecule has 5 nitrogen and oxygen atoms in total. The van der Waals surface area contributed by atoms with Gasteiger partial charge >= 0.3 is 0 Å². The lowest BCUT2D eigenvalue weighted by atomic mass is 10.1. The summed E-state index contributed by atoms with van der Waals surface area (Å²) in [6.45, 7) is 6.69. The lowest BCUT2D eigenvalue weighted by Gasteiger charge is -2.16. The summed E-state index contributed by atoms with van der Waals surface area (Å²) < 4.78 is 0. The van der Waals surface area contributed by atoms with Crippen LogP contribution in [0.15, 0.2) is 29.2 Å². The van der Waals surface area contributed by atoms with Crippen molar-refractivity contribution in [2.45, 2.75) is 26.8 Å². The molecule has 1 saturated heterocycles. The van der Waals surface area contributed by atoms with E-state index in [1.54, 1.807) is 6.08 Å². The maximum Gasteiger partial charge on any atom is 0.293 e. The van der Waals surface area contributed by atoms with Crippen LogP contribution in [0.2, 0.25) is 0 Å². The van der Waals surface area contributed by atoms with E-state index >= 15 is 0 Å². The highest BCUT2D eigenvalue weighted by molar-refractivity contribution is 8.18. The molecular formula is C17H21N3O2S2. The van der Waals surface area contributed by atoms with Crippen molar-refractivity contribution >= 4 is 46.3 Å². The molecule has 0 aromatic heterocycles. The summed E-state index contributed by atoms with van der Waals surface area (Å²) in [4.78, 5) is 26.1. The third-order valence-corrected chi connectivity index (χ3v) is 4.46. The van der Waals surface area contributed by atoms with E-state index in [0.717, 1.165) is 22.9 Å². The van der Waals surface area contributed by atoms with Crippen LogP contribution >= 0.6 is 24.0 Å². The van der Waals surface area contributed by atoms with Crippen LogP contribution in [-0.4, -0.2) is 40.3 Å². The van der Waals surface area contributed by atoms with E-state index in [1.807, 2.05) is 45.0 Å². The Labute approximate surface area is 151 Å². The summed E-state index contributed by atoms with van der Waals surface area (Å²) in [6, 6.07) is 8.05. The van der Waals surface area contributed by atoms with Crippen LogP contribution < -0.4 is 10.6 Å². The van der Waals surface area contributed by atoms with Crippen LogP contribution in [0.3, 0.4) is 0 Å². The average molecular weight is 364 g/mol. The molecule has 2 rings (SSSR count). The van der Waals surface area contributed by atoms with Gasteiger partial charge in [0.1, 0.15) is 0 Å². The number of thioether (sulfide) groups is 1. The molecule has 0 unspecified atom stereocenters. The lowest BCUT2D eigenvalue weighted by Crippen LogP contribution is -2.43. The molecule has 0 aliphatic carbocycles. The van der Waals surface area contributed by atoms with Gasteiger partial charge in [0.15, 0.2) is 5.11 Å². The predicted molar refractivity (Wildman–Crippen MR) is 103 cm³/mol. The van der Waals surface area contributed by atoms with Gasteiger partial charge in [0.2, 0.25) is 0 Å². The standard InChI is InChI=1S/C17H21N3O2S2/c1-11(2)19-16(23)18-8-9-20-15(21)14(24-17(20)22)10-13-6-4-12(3)5-7-13/h4-7,10-11H,8-9H2,1-3H3,(H2,18,19,23)/b14-10-. The molecule has 1 aliphatic rings. The van der Waals surface area contributed by atoms with Crippen LogP contribution in [0.25, 0.3) is 6.08 Å². The van der Waals surface area contributed by atoms with Gasteiger partial charge in [-0.25, -0.2) is 0 Å². The molecule has 0 saturated carbocycles. The number of aryl methyl sites for hydroxylation is 1. The van der Waals surface area contributed by atoms with Crippen molar-refractivity contribution in [2.24, 2.45) is 0 Å². The molecule has 2 N–H and O–H groups in total. The minimum Gasteiger partial charge on any atom is -0.361 e. The first-order valence-electron chi connectivity index (χ1n) is 7.73. The number of nitrogens with zero attached hydrogens (tertiary/aromatic N) is 1. The Balaban J connectivity index is 1.94. The first kappa shape index (κ1) is 18.5. The van der Waals surface area contributed by atoms with E-state index in [9.17, 15) is 9.59 Å². The number of hydrogen-bond donors (Lipinski definition) is 2. The Hall–Kier alpha value is -1.86. The zero-order valence-corrected chi connectivity index (χ0v) is 15.6. The van der Waals surface area contributed by atoms with E-state index in [-0.39, 0.29) is 23.7 Å². The van der Waals surface area contributed by atoms with Crippen molar-refractivity contribution in [3.63, 3.8) is 0 Å². The lowest BCUT2D eigenvalue weighted by molar-refractivity contribution is -0.122. The predicted octanol–water partition coefficient (Wildman–Crippen LogP) is 2.90. The quantitative estimate of drug-likeness (QED) is 0.620. The van der Waals surface area contributed by atoms with Crippen molar-refractivity contribution in [1.82, 2.24) is 15.5 Å². The fourth-order valence-corrected chi connectivity index (χ4v) is 3.30. The highest BCUT2D eigenvalue weighted by Crippen LogP contribution is 2.31. The zero-order valence-electron chi connectivity index (χ0n) is 14.0. The monoisotopic (exact) mass is 363 g/mol. The van der Waals surface area contributed by atoms with E-state index < -0.39 is 0 Å². The summed E-state index contributed by atoms with van der Waals surface area (Å²) >= 11 is 6.10. The van der Waals surface area contributed by atoms with Gasteiger partial charge in [-0.15, -0.1) is 0 Å². The third kappa shape index (κ3) is 5.07. The SMILES string of the molecule is Cc1ccc(/C=C2\SC(=O)N(CCNC(=S)NC(C)C)C2=O)cc1. The summed E-state index contributed by atoms with van der Waals surface area (Å²) in [5, 5.41) is 6.32. The van der Waals surface area contributed by atoms with Crippen LogP contribution in [0, 0.1) is 6.92 Å². The molecule has 0 radical (unpaired) electrons. The van der Waals surface area contributed by atoms with Gasteiger partial charge in [0.25, 0.3) is 11.1 Å². The first-order valence-corrected chi connectivity index (χ1v) is 8.95. The summed E-state index contributed by atoms with van der Waals surface area (Å²) in [7, 11) is 0. The van der Waals surface area contributed by atoms with Gasteiger partial charge in [-0.1, -0.05) is 29.8 Å². The second-order valence-electron chi connectivity index (χ2n) is 5.80. The van der Waals surface area contributed by atoms with Crippen molar-refractivity contribution in [1.29, 1.82) is 0 Å². The molecule has 24 heavy (non-hydrogen) atoms. The molecule has 7 heteroatoms.